The van der Waals surface area contributed by atoms with E-state index in [1.807, 2.05) is 38.1 Å². The van der Waals surface area contributed by atoms with E-state index in [2.05, 4.69) is 0 Å². The molecule has 0 heterocycles. The lowest BCUT2D eigenvalue weighted by Crippen LogP contribution is -2.10. The molecular weight excluding hydrogens is 265 g/mol. The van der Waals surface area contributed by atoms with Crippen LogP contribution in [0.1, 0.15) is 25.0 Å². The number of nitrogen functional groups attached to an aromatic ring is 1. The van der Waals surface area contributed by atoms with Crippen LogP contribution in [-0.4, -0.2) is 17.9 Å². The second kappa shape index (κ2) is 9.76. The van der Waals surface area contributed by atoms with Crippen molar-refractivity contribution in [2.75, 3.05) is 5.88 Å². The van der Waals surface area contributed by atoms with E-state index >= 15 is 0 Å². The van der Waals surface area contributed by atoms with E-state index in [1.165, 1.54) is 5.56 Å². The molecule has 0 atom stereocenters. The van der Waals surface area contributed by atoms with Crippen molar-refractivity contribution < 1.29 is 13.2 Å². The third kappa shape index (κ3) is 17.2. The molecule has 0 aliphatic heterocycles. The van der Waals surface area contributed by atoms with Gasteiger partial charge >= 0.3 is 6.18 Å². The van der Waals surface area contributed by atoms with Crippen molar-refractivity contribution in [3.63, 3.8) is 0 Å². The summed E-state index contributed by atoms with van der Waals surface area (Å²) in [6.45, 7) is 4.08. The highest BCUT2D eigenvalue weighted by Crippen LogP contribution is 2.10. The highest BCUT2D eigenvalue weighted by atomic mass is 35.5. The fraction of sp³-hybridized carbons (Fsp3) is 0.417. The summed E-state index contributed by atoms with van der Waals surface area (Å²) in [5.74, 6) is 0.847. The normalized spacial score (nSPS) is 9.50. The molecule has 1 aromatic carbocycles. The first-order chi connectivity index (χ1) is 8.11. The first-order valence-corrected chi connectivity index (χ1v) is 5.69. The van der Waals surface area contributed by atoms with Gasteiger partial charge in [0.05, 0.1) is 0 Å². The van der Waals surface area contributed by atoms with Crippen LogP contribution in [-0.2, 0) is 0 Å². The Hall–Kier alpha value is -1.23. The molecule has 6 heteroatoms. The van der Waals surface area contributed by atoms with Crippen molar-refractivity contribution in [1.82, 2.24) is 0 Å². The van der Waals surface area contributed by atoms with Gasteiger partial charge in [0.1, 0.15) is 5.84 Å². The number of nitrogens with one attached hydrogen (secondary N) is 1. The quantitative estimate of drug-likeness (QED) is 0.455. The molecule has 1 aromatic rings. The topological polar surface area (TPSA) is 49.9 Å². The van der Waals surface area contributed by atoms with E-state index in [0.29, 0.717) is 0 Å². The van der Waals surface area contributed by atoms with Crippen LogP contribution in [0, 0.1) is 12.3 Å². The van der Waals surface area contributed by atoms with E-state index < -0.39 is 6.18 Å². The molecule has 0 aromatic heterocycles. The molecule has 0 radical (unpaired) electrons. The number of hydrogen-bond acceptors (Lipinski definition) is 1. The summed E-state index contributed by atoms with van der Waals surface area (Å²) in [5.41, 5.74) is 7.22. The predicted octanol–water partition coefficient (Wildman–Crippen LogP) is 4.09. The minimum atomic E-state index is -4.00. The average molecular weight is 283 g/mol. The van der Waals surface area contributed by atoms with Gasteiger partial charge in [-0.25, -0.2) is 0 Å². The highest BCUT2D eigenvalue weighted by molar-refractivity contribution is 6.17. The van der Waals surface area contributed by atoms with Gasteiger partial charge in [-0.3, -0.25) is 5.41 Å². The number of amidine groups is 1. The smallest absolute Gasteiger partial charge is 0.384 e. The van der Waals surface area contributed by atoms with Crippen LogP contribution in [0.5, 0.6) is 0 Å². The van der Waals surface area contributed by atoms with Gasteiger partial charge in [-0.1, -0.05) is 36.8 Å². The molecule has 0 saturated heterocycles. The van der Waals surface area contributed by atoms with Gasteiger partial charge in [-0.15, -0.1) is 11.6 Å². The van der Waals surface area contributed by atoms with Gasteiger partial charge in [0.2, 0.25) is 0 Å². The molecule has 0 amide bonds. The first kappa shape index (κ1) is 19.1. The standard InChI is InChI=1S/C8H10N2.C2H5Cl.C2H3F3/c1-6-2-4-7(5-3-6)8(9)10;1-2-3;1-2(3,4)5/h2-5H,1H3,(H3,9,10);2H2,1H3;1H3. The Labute approximate surface area is 110 Å². The molecule has 1 rings (SSSR count). The van der Waals surface area contributed by atoms with Crippen LogP contribution >= 0.6 is 11.6 Å². The maximum atomic E-state index is 10.4. The zero-order chi connectivity index (χ0) is 14.8. The van der Waals surface area contributed by atoms with Gasteiger partial charge in [0.25, 0.3) is 0 Å². The van der Waals surface area contributed by atoms with Crippen molar-refractivity contribution in [2.45, 2.75) is 26.9 Å². The zero-order valence-electron chi connectivity index (χ0n) is 10.6. The summed E-state index contributed by atoms with van der Waals surface area (Å²) in [7, 11) is 0. The lowest BCUT2D eigenvalue weighted by Gasteiger charge is -1.96. The Balaban J connectivity index is 0. The average Bonchev–Trinajstić information content (AvgIpc) is 2.16. The van der Waals surface area contributed by atoms with Crippen LogP contribution < -0.4 is 5.73 Å². The summed E-state index contributed by atoms with van der Waals surface area (Å²) in [6.07, 6.45) is -4.00. The molecule has 18 heavy (non-hydrogen) atoms. The van der Waals surface area contributed by atoms with Crippen LogP contribution in [0.25, 0.3) is 0 Å². The zero-order valence-corrected chi connectivity index (χ0v) is 11.4. The molecule has 2 nitrogen and oxygen atoms in total. The SMILES string of the molecule is CC(F)(F)F.CCCl.Cc1ccc(C(=N)N)cc1. The molecule has 3 N–H and O–H groups in total. The highest BCUT2D eigenvalue weighted by Gasteiger charge is 2.15. The van der Waals surface area contributed by atoms with Gasteiger partial charge in [0.15, 0.2) is 0 Å². The molecule has 0 saturated carbocycles. The third-order valence-corrected chi connectivity index (χ3v) is 1.36. The monoisotopic (exact) mass is 282 g/mol. The Morgan fingerprint density at radius 1 is 1.28 bits per heavy atom. The lowest BCUT2D eigenvalue weighted by molar-refractivity contribution is -0.110. The first-order valence-electron chi connectivity index (χ1n) is 5.15. The Bertz CT molecular complexity index is 328. The van der Waals surface area contributed by atoms with Crippen LogP contribution in [0.2, 0.25) is 0 Å². The predicted molar refractivity (Wildman–Crippen MR) is 70.3 cm³/mol. The Morgan fingerprint density at radius 3 is 1.78 bits per heavy atom. The van der Waals surface area contributed by atoms with Crippen molar-refractivity contribution in [1.29, 1.82) is 5.41 Å². The second-order valence-corrected chi connectivity index (χ2v) is 3.86. The molecule has 0 bridgehead atoms. The Morgan fingerprint density at radius 2 is 1.56 bits per heavy atom. The number of hydrogen-bond donors (Lipinski definition) is 2. The fourth-order valence-electron chi connectivity index (χ4n) is 0.733. The minimum Gasteiger partial charge on any atom is -0.384 e. The van der Waals surface area contributed by atoms with Gasteiger partial charge in [-0.2, -0.15) is 13.2 Å². The maximum Gasteiger partial charge on any atom is 0.386 e. The van der Waals surface area contributed by atoms with Crippen molar-refractivity contribution in [3.05, 3.63) is 35.4 Å². The summed E-state index contributed by atoms with van der Waals surface area (Å²) < 4.78 is 31.1. The molecule has 0 aliphatic carbocycles. The largest absolute Gasteiger partial charge is 0.386 e. The molecule has 0 aliphatic rings. The van der Waals surface area contributed by atoms with Crippen LogP contribution in [0.3, 0.4) is 0 Å². The second-order valence-electron chi connectivity index (χ2n) is 3.33. The minimum absolute atomic E-state index is 0.125. The van der Waals surface area contributed by atoms with Crippen LogP contribution in [0.15, 0.2) is 24.3 Å². The number of halogens is 4. The van der Waals surface area contributed by atoms with Crippen molar-refractivity contribution in [2.24, 2.45) is 5.73 Å². The lowest BCUT2D eigenvalue weighted by atomic mass is 10.1. The number of benzene rings is 1. The molecule has 0 fully saturated rings. The third-order valence-electron chi connectivity index (χ3n) is 1.36. The fourth-order valence-corrected chi connectivity index (χ4v) is 0.733. The summed E-state index contributed by atoms with van der Waals surface area (Å²) in [4.78, 5) is 0. The number of alkyl halides is 4. The van der Waals surface area contributed by atoms with E-state index in [1.54, 1.807) is 0 Å². The van der Waals surface area contributed by atoms with Gasteiger partial charge < -0.3 is 5.73 Å². The van der Waals surface area contributed by atoms with E-state index in [4.69, 9.17) is 22.7 Å². The van der Waals surface area contributed by atoms with Crippen molar-refractivity contribution >= 4 is 17.4 Å². The van der Waals surface area contributed by atoms with Crippen molar-refractivity contribution in [3.8, 4) is 0 Å². The van der Waals surface area contributed by atoms with Gasteiger partial charge in [0, 0.05) is 18.4 Å². The molecule has 104 valence electrons. The molecule has 0 unspecified atom stereocenters. The van der Waals surface area contributed by atoms with Crippen LogP contribution in [0.4, 0.5) is 13.2 Å². The van der Waals surface area contributed by atoms with E-state index in [0.717, 1.165) is 11.4 Å². The molecular formula is C12H18ClF3N2. The number of rotatable bonds is 1. The Kier molecular flexibility index (Phi) is 10.4. The van der Waals surface area contributed by atoms with E-state index in [-0.39, 0.29) is 12.8 Å². The molecule has 0 spiro atoms. The summed E-state index contributed by atoms with van der Waals surface area (Å²) in [6, 6.07) is 7.57. The summed E-state index contributed by atoms with van der Waals surface area (Å²) in [5, 5.41) is 7.08. The number of nitrogens with two attached hydrogens (primary N) is 1. The van der Waals surface area contributed by atoms with Gasteiger partial charge in [-0.05, 0) is 6.92 Å². The number of aryl methyl sites for hydroxylation is 1. The van der Waals surface area contributed by atoms with E-state index in [9.17, 15) is 13.2 Å². The summed E-state index contributed by atoms with van der Waals surface area (Å²) >= 11 is 5.00. The maximum absolute atomic E-state index is 10.4.